The van der Waals surface area contributed by atoms with Crippen molar-refractivity contribution in [3.8, 4) is 23.0 Å². The molecule has 186 valence electrons. The fourth-order valence-corrected chi connectivity index (χ4v) is 5.94. The number of ether oxygens (including phenoxy) is 2. The highest BCUT2D eigenvalue weighted by Crippen LogP contribution is 2.33. The van der Waals surface area contributed by atoms with Crippen LogP contribution in [0.5, 0.6) is 11.5 Å². The Morgan fingerprint density at radius 3 is 2.34 bits per heavy atom. The number of sulfonamides is 1. The van der Waals surface area contributed by atoms with Gasteiger partial charge >= 0.3 is 6.01 Å². The third-order valence-corrected chi connectivity index (χ3v) is 7.72. The largest absolute Gasteiger partial charge is 0.497 e. The molecule has 35 heavy (non-hydrogen) atoms. The SMILES string of the molecule is COc1ccc(OC)c(-c2nnc(NC(=O)c3ccc(S(=O)(=O)N4CC(C)CC(C)C4)cc3)o2)c1. The van der Waals surface area contributed by atoms with Crippen molar-refractivity contribution in [3.63, 3.8) is 0 Å². The second-order valence-electron chi connectivity index (χ2n) is 8.73. The number of nitrogens with one attached hydrogen (secondary N) is 1. The van der Waals surface area contributed by atoms with Crippen molar-refractivity contribution in [2.45, 2.75) is 25.2 Å². The van der Waals surface area contributed by atoms with E-state index in [2.05, 4.69) is 29.4 Å². The molecule has 11 heteroatoms. The lowest BCUT2D eigenvalue weighted by molar-refractivity contribution is 0.102. The second-order valence-corrected chi connectivity index (χ2v) is 10.7. The first-order valence-electron chi connectivity index (χ1n) is 11.2. The Morgan fingerprint density at radius 1 is 1.03 bits per heavy atom. The average Bonchev–Trinajstić information content (AvgIpc) is 3.31. The number of anilines is 1. The van der Waals surface area contributed by atoms with Crippen LogP contribution in [0, 0.1) is 11.8 Å². The van der Waals surface area contributed by atoms with Gasteiger partial charge in [0.1, 0.15) is 11.5 Å². The fourth-order valence-electron chi connectivity index (χ4n) is 4.26. The Labute approximate surface area is 204 Å². The lowest BCUT2D eigenvalue weighted by Gasteiger charge is -2.34. The molecule has 0 spiro atoms. The van der Waals surface area contributed by atoms with E-state index in [1.54, 1.807) is 18.2 Å². The van der Waals surface area contributed by atoms with Crippen LogP contribution in [0.4, 0.5) is 6.01 Å². The number of hydrogen-bond acceptors (Lipinski definition) is 8. The summed E-state index contributed by atoms with van der Waals surface area (Å²) in [7, 11) is -0.579. The fraction of sp³-hybridized carbons (Fsp3) is 0.375. The Hall–Kier alpha value is -3.44. The number of benzene rings is 2. The van der Waals surface area contributed by atoms with E-state index in [-0.39, 0.29) is 22.4 Å². The number of carbonyl (C=O) groups excluding carboxylic acids is 1. The predicted molar refractivity (Wildman–Crippen MR) is 129 cm³/mol. The van der Waals surface area contributed by atoms with Gasteiger partial charge in [0.2, 0.25) is 10.0 Å². The van der Waals surface area contributed by atoms with Gasteiger partial charge in [-0.25, -0.2) is 8.42 Å². The van der Waals surface area contributed by atoms with E-state index in [9.17, 15) is 13.2 Å². The van der Waals surface area contributed by atoms with Gasteiger partial charge in [0.15, 0.2) is 0 Å². The molecule has 4 rings (SSSR count). The summed E-state index contributed by atoms with van der Waals surface area (Å²) < 4.78 is 43.8. The number of hydrogen-bond donors (Lipinski definition) is 1. The van der Waals surface area contributed by atoms with Crippen LogP contribution in [0.1, 0.15) is 30.6 Å². The van der Waals surface area contributed by atoms with Gasteiger partial charge in [-0.1, -0.05) is 18.9 Å². The maximum absolute atomic E-state index is 13.1. The topological polar surface area (TPSA) is 124 Å². The number of rotatable bonds is 7. The first-order valence-corrected chi connectivity index (χ1v) is 12.6. The molecular formula is C24H28N4O6S. The standard InChI is InChI=1S/C24H28N4O6S/c1-15-11-16(2)14-28(13-15)35(30,31)19-8-5-17(6-9-19)22(29)25-24-27-26-23(34-24)20-12-18(32-3)7-10-21(20)33-4/h5-10,12,15-16H,11,13-14H2,1-4H3,(H,25,27,29). The van der Waals surface area contributed by atoms with Crippen molar-refractivity contribution in [3.05, 3.63) is 48.0 Å². The van der Waals surface area contributed by atoms with Gasteiger partial charge < -0.3 is 13.9 Å². The molecule has 0 aliphatic carbocycles. The molecule has 0 saturated carbocycles. The van der Waals surface area contributed by atoms with Crippen LogP contribution in [-0.2, 0) is 10.0 Å². The zero-order chi connectivity index (χ0) is 25.2. The van der Waals surface area contributed by atoms with Crippen molar-refractivity contribution in [2.75, 3.05) is 32.6 Å². The summed E-state index contributed by atoms with van der Waals surface area (Å²) in [6.45, 7) is 5.09. The van der Waals surface area contributed by atoms with Gasteiger partial charge in [0.05, 0.1) is 24.7 Å². The molecule has 1 N–H and O–H groups in total. The van der Waals surface area contributed by atoms with E-state index >= 15 is 0 Å². The van der Waals surface area contributed by atoms with Gasteiger partial charge in [-0.05, 0) is 60.7 Å². The number of piperidine rings is 1. The minimum absolute atomic E-state index is 0.108. The number of nitrogens with zero attached hydrogens (tertiary/aromatic N) is 3. The van der Waals surface area contributed by atoms with Crippen LogP contribution in [0.2, 0.25) is 0 Å². The Morgan fingerprint density at radius 2 is 1.71 bits per heavy atom. The average molecular weight is 501 g/mol. The number of amides is 1. The minimum Gasteiger partial charge on any atom is -0.497 e. The van der Waals surface area contributed by atoms with Gasteiger partial charge in [0.25, 0.3) is 11.8 Å². The summed E-state index contributed by atoms with van der Waals surface area (Å²) in [5, 5.41) is 10.4. The van der Waals surface area contributed by atoms with E-state index in [0.717, 1.165) is 6.42 Å². The predicted octanol–water partition coefficient (Wildman–Crippen LogP) is 3.67. The lowest BCUT2D eigenvalue weighted by atomic mass is 9.94. The summed E-state index contributed by atoms with van der Waals surface area (Å²) in [5.74, 6) is 1.31. The van der Waals surface area contributed by atoms with Crippen LogP contribution in [0.15, 0.2) is 51.8 Å². The molecule has 1 amide bonds. The Bertz CT molecular complexity index is 1300. The summed E-state index contributed by atoms with van der Waals surface area (Å²) >= 11 is 0. The number of aromatic nitrogens is 2. The zero-order valence-corrected chi connectivity index (χ0v) is 20.8. The van der Waals surface area contributed by atoms with E-state index in [0.29, 0.717) is 42.0 Å². The quantitative estimate of drug-likeness (QED) is 0.521. The van der Waals surface area contributed by atoms with E-state index in [1.807, 2.05) is 0 Å². The summed E-state index contributed by atoms with van der Waals surface area (Å²) in [4.78, 5) is 12.8. The number of carbonyl (C=O) groups is 1. The van der Waals surface area contributed by atoms with Gasteiger partial charge in [0, 0.05) is 18.7 Å². The minimum atomic E-state index is -3.63. The molecule has 0 bridgehead atoms. The lowest BCUT2D eigenvalue weighted by Crippen LogP contribution is -2.42. The van der Waals surface area contributed by atoms with Crippen molar-refractivity contribution in [2.24, 2.45) is 11.8 Å². The highest BCUT2D eigenvalue weighted by molar-refractivity contribution is 7.89. The normalized spacial score (nSPS) is 18.7. The number of methoxy groups -OCH3 is 2. The molecule has 0 radical (unpaired) electrons. The maximum Gasteiger partial charge on any atom is 0.322 e. The molecule has 1 fully saturated rings. The molecular weight excluding hydrogens is 472 g/mol. The monoisotopic (exact) mass is 500 g/mol. The van der Waals surface area contributed by atoms with Crippen LogP contribution in [0.25, 0.3) is 11.5 Å². The summed E-state index contributed by atoms with van der Waals surface area (Å²) in [6, 6.07) is 10.8. The van der Waals surface area contributed by atoms with Crippen LogP contribution in [0.3, 0.4) is 0 Å². The molecule has 2 atom stereocenters. The summed E-state index contributed by atoms with van der Waals surface area (Å²) in [6.07, 6.45) is 1.01. The second kappa shape index (κ2) is 10.0. The van der Waals surface area contributed by atoms with Crippen LogP contribution < -0.4 is 14.8 Å². The van der Waals surface area contributed by atoms with E-state index < -0.39 is 15.9 Å². The van der Waals surface area contributed by atoms with Crippen LogP contribution in [-0.4, -0.2) is 56.1 Å². The first kappa shape index (κ1) is 24.7. The maximum atomic E-state index is 13.1. The van der Waals surface area contributed by atoms with Crippen molar-refractivity contribution < 1.29 is 27.1 Å². The highest BCUT2D eigenvalue weighted by atomic mass is 32.2. The van der Waals surface area contributed by atoms with Gasteiger partial charge in [-0.3, -0.25) is 10.1 Å². The first-order chi connectivity index (χ1) is 16.7. The van der Waals surface area contributed by atoms with E-state index in [4.69, 9.17) is 13.9 Å². The summed E-state index contributed by atoms with van der Waals surface area (Å²) in [5.41, 5.74) is 0.763. The van der Waals surface area contributed by atoms with Crippen molar-refractivity contribution >= 4 is 21.9 Å². The van der Waals surface area contributed by atoms with Crippen molar-refractivity contribution in [1.82, 2.24) is 14.5 Å². The van der Waals surface area contributed by atoms with Gasteiger partial charge in [-0.15, -0.1) is 5.10 Å². The van der Waals surface area contributed by atoms with Crippen molar-refractivity contribution in [1.29, 1.82) is 0 Å². The van der Waals surface area contributed by atoms with E-state index in [1.165, 1.54) is 42.8 Å². The molecule has 1 aliphatic rings. The van der Waals surface area contributed by atoms with Gasteiger partial charge in [-0.2, -0.15) is 4.31 Å². The third kappa shape index (κ3) is 5.30. The van der Waals surface area contributed by atoms with Crippen LogP contribution >= 0.6 is 0 Å². The molecule has 1 aliphatic heterocycles. The zero-order valence-electron chi connectivity index (χ0n) is 20.0. The molecule has 2 aromatic carbocycles. The molecule has 2 heterocycles. The Kier molecular flexibility index (Phi) is 7.08. The molecule has 2 unspecified atom stereocenters. The molecule has 10 nitrogen and oxygen atoms in total. The Balaban J connectivity index is 1.48. The molecule has 1 aromatic heterocycles. The highest BCUT2D eigenvalue weighted by Gasteiger charge is 2.31. The molecule has 3 aromatic rings. The molecule has 1 saturated heterocycles. The third-order valence-electron chi connectivity index (χ3n) is 5.87. The smallest absolute Gasteiger partial charge is 0.322 e.